The molecule has 0 atom stereocenters. The monoisotopic (exact) mass is 367 g/mol. The first-order chi connectivity index (χ1) is 13.1. The van der Waals surface area contributed by atoms with Gasteiger partial charge in [-0.1, -0.05) is 25.1 Å². The van der Waals surface area contributed by atoms with Gasteiger partial charge in [0.2, 0.25) is 0 Å². The number of benzene rings is 2. The topological polar surface area (TPSA) is 77.8 Å². The van der Waals surface area contributed by atoms with E-state index in [2.05, 4.69) is 5.32 Å². The van der Waals surface area contributed by atoms with Crippen molar-refractivity contribution in [2.24, 2.45) is 0 Å². The van der Waals surface area contributed by atoms with Crippen molar-refractivity contribution in [1.29, 1.82) is 0 Å². The molecule has 1 aromatic heterocycles. The van der Waals surface area contributed by atoms with Crippen LogP contribution in [0.1, 0.15) is 39.8 Å². The van der Waals surface area contributed by atoms with Gasteiger partial charge in [-0.05, 0) is 36.8 Å². The van der Waals surface area contributed by atoms with Crippen LogP contribution in [0.5, 0.6) is 0 Å². The SMILES string of the molecule is CCCOC(=O)c1ccc(NC(=O)c2oc3ccccc3c2COC)cc1. The van der Waals surface area contributed by atoms with Gasteiger partial charge in [-0.3, -0.25) is 4.79 Å². The second-order valence-corrected chi connectivity index (χ2v) is 6.01. The van der Waals surface area contributed by atoms with Crippen molar-refractivity contribution < 1.29 is 23.5 Å². The maximum absolute atomic E-state index is 12.7. The lowest BCUT2D eigenvalue weighted by Gasteiger charge is -2.07. The van der Waals surface area contributed by atoms with E-state index < -0.39 is 0 Å². The summed E-state index contributed by atoms with van der Waals surface area (Å²) < 4.78 is 16.0. The average molecular weight is 367 g/mol. The van der Waals surface area contributed by atoms with Gasteiger partial charge in [0, 0.05) is 23.7 Å². The molecular weight excluding hydrogens is 346 g/mol. The first kappa shape index (κ1) is 18.7. The number of furan rings is 1. The van der Waals surface area contributed by atoms with E-state index in [9.17, 15) is 9.59 Å². The highest BCUT2D eigenvalue weighted by Crippen LogP contribution is 2.27. The fourth-order valence-corrected chi connectivity index (χ4v) is 2.73. The highest BCUT2D eigenvalue weighted by atomic mass is 16.5. The summed E-state index contributed by atoms with van der Waals surface area (Å²) in [4.78, 5) is 24.5. The predicted octanol–water partition coefficient (Wildman–Crippen LogP) is 4.40. The molecule has 0 saturated carbocycles. The number of ether oxygens (including phenoxy) is 2. The van der Waals surface area contributed by atoms with Crippen molar-refractivity contribution in [3.8, 4) is 0 Å². The minimum atomic E-state index is -0.380. The molecule has 0 saturated heterocycles. The largest absolute Gasteiger partial charge is 0.462 e. The summed E-state index contributed by atoms with van der Waals surface area (Å²) in [5.41, 5.74) is 2.32. The standard InChI is InChI=1S/C21H21NO5/c1-3-12-26-21(24)14-8-10-15(11-9-14)22-20(23)19-17(13-25-2)16-6-4-5-7-18(16)27-19/h4-11H,3,12-13H2,1-2H3,(H,22,23). The van der Waals surface area contributed by atoms with Gasteiger partial charge in [0.1, 0.15) is 5.58 Å². The molecule has 0 radical (unpaired) electrons. The Balaban J connectivity index is 1.78. The maximum atomic E-state index is 12.7. The zero-order valence-corrected chi connectivity index (χ0v) is 15.3. The summed E-state index contributed by atoms with van der Waals surface area (Å²) in [6, 6.07) is 14.0. The number of hydrogen-bond acceptors (Lipinski definition) is 5. The van der Waals surface area contributed by atoms with E-state index in [-0.39, 0.29) is 24.2 Å². The summed E-state index contributed by atoms with van der Waals surface area (Å²) >= 11 is 0. The van der Waals surface area contributed by atoms with Crippen LogP contribution in [0.3, 0.4) is 0 Å². The van der Waals surface area contributed by atoms with Gasteiger partial charge in [0.05, 0.1) is 18.8 Å². The average Bonchev–Trinajstić information content (AvgIpc) is 3.06. The van der Waals surface area contributed by atoms with Gasteiger partial charge in [0.15, 0.2) is 5.76 Å². The molecule has 3 aromatic rings. The van der Waals surface area contributed by atoms with E-state index in [1.165, 1.54) is 0 Å². The lowest BCUT2D eigenvalue weighted by molar-refractivity contribution is 0.0505. The Morgan fingerprint density at radius 3 is 2.52 bits per heavy atom. The van der Waals surface area contributed by atoms with Crippen LogP contribution in [0, 0.1) is 0 Å². The zero-order valence-electron chi connectivity index (χ0n) is 15.3. The summed E-state index contributed by atoms with van der Waals surface area (Å²) in [6.07, 6.45) is 0.765. The molecule has 0 bridgehead atoms. The molecule has 1 heterocycles. The molecule has 27 heavy (non-hydrogen) atoms. The van der Waals surface area contributed by atoms with Crippen LogP contribution in [0.15, 0.2) is 52.9 Å². The third-order valence-electron chi connectivity index (χ3n) is 4.01. The van der Waals surface area contributed by atoms with Crippen LogP contribution < -0.4 is 5.32 Å². The molecule has 0 fully saturated rings. The highest BCUT2D eigenvalue weighted by molar-refractivity contribution is 6.06. The third kappa shape index (κ3) is 4.17. The van der Waals surface area contributed by atoms with Gasteiger partial charge >= 0.3 is 5.97 Å². The number of methoxy groups -OCH3 is 1. The number of carbonyl (C=O) groups excluding carboxylic acids is 2. The Hall–Kier alpha value is -3.12. The van der Waals surface area contributed by atoms with Crippen molar-refractivity contribution in [1.82, 2.24) is 0 Å². The second kappa shape index (κ2) is 8.51. The Morgan fingerprint density at radius 2 is 1.81 bits per heavy atom. The fourth-order valence-electron chi connectivity index (χ4n) is 2.73. The lowest BCUT2D eigenvalue weighted by atomic mass is 10.1. The molecule has 0 aliphatic heterocycles. The lowest BCUT2D eigenvalue weighted by Crippen LogP contribution is -2.13. The van der Waals surface area contributed by atoms with Crippen molar-refractivity contribution in [2.75, 3.05) is 19.0 Å². The Bertz CT molecular complexity index is 943. The van der Waals surface area contributed by atoms with Crippen LogP contribution in [0.25, 0.3) is 11.0 Å². The van der Waals surface area contributed by atoms with Gasteiger partial charge in [-0.25, -0.2) is 4.79 Å². The first-order valence-electron chi connectivity index (χ1n) is 8.72. The Kier molecular flexibility index (Phi) is 5.88. The molecule has 1 N–H and O–H groups in total. The molecule has 6 heteroatoms. The van der Waals surface area contributed by atoms with Crippen molar-refractivity contribution in [2.45, 2.75) is 20.0 Å². The van der Waals surface area contributed by atoms with Crippen LogP contribution in [-0.4, -0.2) is 25.6 Å². The summed E-state index contributed by atoms with van der Waals surface area (Å²) in [5.74, 6) is -0.543. The first-order valence-corrected chi connectivity index (χ1v) is 8.72. The number of fused-ring (bicyclic) bond motifs is 1. The number of hydrogen-bond donors (Lipinski definition) is 1. The summed E-state index contributed by atoms with van der Waals surface area (Å²) in [7, 11) is 1.57. The fraction of sp³-hybridized carbons (Fsp3) is 0.238. The highest BCUT2D eigenvalue weighted by Gasteiger charge is 2.20. The van der Waals surface area contributed by atoms with Gasteiger partial charge < -0.3 is 19.2 Å². The van der Waals surface area contributed by atoms with E-state index in [0.717, 1.165) is 11.8 Å². The normalized spacial score (nSPS) is 10.7. The Labute approximate surface area is 157 Å². The molecule has 0 unspecified atom stereocenters. The van der Waals surface area contributed by atoms with E-state index in [1.54, 1.807) is 31.4 Å². The minimum Gasteiger partial charge on any atom is -0.462 e. The van der Waals surface area contributed by atoms with Crippen molar-refractivity contribution >= 4 is 28.5 Å². The summed E-state index contributed by atoms with van der Waals surface area (Å²) in [5, 5.41) is 3.63. The maximum Gasteiger partial charge on any atom is 0.338 e. The van der Waals surface area contributed by atoms with Gasteiger partial charge in [-0.2, -0.15) is 0 Å². The molecule has 6 nitrogen and oxygen atoms in total. The molecule has 0 aliphatic carbocycles. The Morgan fingerprint density at radius 1 is 1.07 bits per heavy atom. The second-order valence-electron chi connectivity index (χ2n) is 6.01. The van der Waals surface area contributed by atoms with Gasteiger partial charge in [0.25, 0.3) is 5.91 Å². The van der Waals surface area contributed by atoms with Crippen molar-refractivity contribution in [3.63, 3.8) is 0 Å². The third-order valence-corrected chi connectivity index (χ3v) is 4.01. The molecule has 0 spiro atoms. The van der Waals surface area contributed by atoms with Crippen LogP contribution in [0.2, 0.25) is 0 Å². The molecular formula is C21H21NO5. The van der Waals surface area contributed by atoms with Crippen LogP contribution in [-0.2, 0) is 16.1 Å². The van der Waals surface area contributed by atoms with Gasteiger partial charge in [-0.15, -0.1) is 0 Å². The predicted molar refractivity (Wildman–Crippen MR) is 102 cm³/mol. The zero-order chi connectivity index (χ0) is 19.2. The number of anilines is 1. The quantitative estimate of drug-likeness (QED) is 0.626. The number of amides is 1. The molecule has 140 valence electrons. The van der Waals surface area contributed by atoms with E-state index in [4.69, 9.17) is 13.9 Å². The number of rotatable bonds is 7. The van der Waals surface area contributed by atoms with E-state index >= 15 is 0 Å². The molecule has 0 aliphatic rings. The molecule has 2 aromatic carbocycles. The van der Waals surface area contributed by atoms with E-state index in [1.807, 2.05) is 31.2 Å². The van der Waals surface area contributed by atoms with Crippen molar-refractivity contribution in [3.05, 3.63) is 65.4 Å². The smallest absolute Gasteiger partial charge is 0.338 e. The number of para-hydroxylation sites is 1. The number of nitrogens with one attached hydrogen (secondary N) is 1. The number of carbonyl (C=O) groups is 2. The molecule has 1 amide bonds. The van der Waals surface area contributed by atoms with Crippen LogP contribution in [0.4, 0.5) is 5.69 Å². The number of esters is 1. The minimum absolute atomic E-state index is 0.212. The molecule has 3 rings (SSSR count). The van der Waals surface area contributed by atoms with E-state index in [0.29, 0.717) is 29.0 Å². The van der Waals surface area contributed by atoms with Crippen LogP contribution >= 0.6 is 0 Å². The summed E-state index contributed by atoms with van der Waals surface area (Å²) in [6.45, 7) is 2.58.